The summed E-state index contributed by atoms with van der Waals surface area (Å²) in [6, 6.07) is 4.52. The van der Waals surface area contributed by atoms with Crippen molar-refractivity contribution in [2.75, 3.05) is 26.2 Å². The highest BCUT2D eigenvalue weighted by molar-refractivity contribution is 5.86. The standard InChI is InChI=1S/C18H25F3N2O3/c1-12-10-23(9-8-22(12)11-13(2)24)16(25)17(3,26)14-6-4-5-7-15(14)18(19,20)21/h4-7,12-13,24,26H,8-11H2,1-3H3. The van der Waals surface area contributed by atoms with E-state index < -0.39 is 34.9 Å². The lowest BCUT2D eigenvalue weighted by atomic mass is 9.89. The first kappa shape index (κ1) is 20.7. The predicted octanol–water partition coefficient (Wildman–Crippen LogP) is 1.83. The van der Waals surface area contributed by atoms with Crippen molar-refractivity contribution < 1.29 is 28.2 Å². The molecule has 1 aliphatic heterocycles. The van der Waals surface area contributed by atoms with Crippen molar-refractivity contribution in [3.05, 3.63) is 35.4 Å². The molecule has 0 bridgehead atoms. The van der Waals surface area contributed by atoms with Gasteiger partial charge < -0.3 is 15.1 Å². The van der Waals surface area contributed by atoms with Crippen LogP contribution in [0.1, 0.15) is 31.9 Å². The minimum atomic E-state index is -4.66. The molecular formula is C18H25F3N2O3. The number of β-amino-alcohol motifs (C(OH)–C–C–N with tert-alkyl or cyclic N) is 1. The first-order chi connectivity index (χ1) is 11.9. The Morgan fingerprint density at radius 3 is 2.35 bits per heavy atom. The Morgan fingerprint density at radius 2 is 1.85 bits per heavy atom. The monoisotopic (exact) mass is 374 g/mol. The third-order valence-electron chi connectivity index (χ3n) is 4.72. The lowest BCUT2D eigenvalue weighted by Crippen LogP contribution is -2.58. The maximum atomic E-state index is 13.3. The molecule has 3 unspecified atom stereocenters. The molecule has 0 aromatic heterocycles. The normalized spacial score (nSPS) is 22.8. The van der Waals surface area contributed by atoms with Gasteiger partial charge in [-0.05, 0) is 26.8 Å². The Bertz CT molecular complexity index is 647. The van der Waals surface area contributed by atoms with Gasteiger partial charge in [0.25, 0.3) is 5.91 Å². The Hall–Kier alpha value is -1.64. The molecule has 1 fully saturated rings. The van der Waals surface area contributed by atoms with Crippen LogP contribution < -0.4 is 0 Å². The molecule has 2 N–H and O–H groups in total. The molecular weight excluding hydrogens is 349 g/mol. The second-order valence-electron chi connectivity index (χ2n) is 7.06. The Morgan fingerprint density at radius 1 is 1.27 bits per heavy atom. The number of piperazine rings is 1. The van der Waals surface area contributed by atoms with Gasteiger partial charge in [0, 0.05) is 37.8 Å². The molecule has 0 radical (unpaired) electrons. The van der Waals surface area contributed by atoms with Crippen LogP contribution in [0.3, 0.4) is 0 Å². The fourth-order valence-corrected chi connectivity index (χ4v) is 3.37. The summed E-state index contributed by atoms with van der Waals surface area (Å²) in [6.07, 6.45) is -5.18. The van der Waals surface area contributed by atoms with E-state index in [0.717, 1.165) is 19.1 Å². The molecule has 1 amide bonds. The zero-order chi connectivity index (χ0) is 19.7. The predicted molar refractivity (Wildman–Crippen MR) is 90.3 cm³/mol. The molecule has 3 atom stereocenters. The summed E-state index contributed by atoms with van der Waals surface area (Å²) in [5, 5.41) is 20.2. The van der Waals surface area contributed by atoms with E-state index >= 15 is 0 Å². The van der Waals surface area contributed by atoms with Gasteiger partial charge in [0.15, 0.2) is 5.60 Å². The molecule has 26 heavy (non-hydrogen) atoms. The lowest BCUT2D eigenvalue weighted by Gasteiger charge is -2.42. The van der Waals surface area contributed by atoms with Gasteiger partial charge in [0.05, 0.1) is 11.7 Å². The van der Waals surface area contributed by atoms with Crippen LogP contribution in [0.15, 0.2) is 24.3 Å². The topological polar surface area (TPSA) is 64.0 Å². The number of nitrogens with zero attached hydrogens (tertiary/aromatic N) is 2. The van der Waals surface area contributed by atoms with E-state index in [-0.39, 0.29) is 19.1 Å². The average molecular weight is 374 g/mol. The van der Waals surface area contributed by atoms with Crippen LogP contribution in [0.2, 0.25) is 0 Å². The summed E-state index contributed by atoms with van der Waals surface area (Å²) < 4.78 is 39.8. The molecule has 1 aliphatic rings. The van der Waals surface area contributed by atoms with Crippen molar-refractivity contribution >= 4 is 5.91 Å². The van der Waals surface area contributed by atoms with Gasteiger partial charge in [-0.1, -0.05) is 18.2 Å². The van der Waals surface area contributed by atoms with E-state index in [1.54, 1.807) is 6.92 Å². The number of amides is 1. The summed E-state index contributed by atoms with van der Waals surface area (Å²) in [5.74, 6) is -0.752. The molecule has 0 spiro atoms. The Kier molecular flexibility index (Phi) is 5.99. The van der Waals surface area contributed by atoms with Gasteiger partial charge in [-0.3, -0.25) is 9.69 Å². The first-order valence-corrected chi connectivity index (χ1v) is 8.55. The van der Waals surface area contributed by atoms with Crippen molar-refractivity contribution in [3.63, 3.8) is 0 Å². The number of carbonyl (C=O) groups is 1. The van der Waals surface area contributed by atoms with Gasteiger partial charge in [-0.15, -0.1) is 0 Å². The van der Waals surface area contributed by atoms with E-state index in [9.17, 15) is 28.2 Å². The number of carbonyl (C=O) groups excluding carboxylic acids is 1. The molecule has 1 saturated heterocycles. The van der Waals surface area contributed by atoms with Crippen LogP contribution in [-0.2, 0) is 16.6 Å². The number of benzene rings is 1. The Balaban J connectivity index is 2.22. The fourth-order valence-electron chi connectivity index (χ4n) is 3.37. The average Bonchev–Trinajstić information content (AvgIpc) is 2.55. The summed E-state index contributed by atoms with van der Waals surface area (Å²) in [5.41, 5.74) is -3.74. The van der Waals surface area contributed by atoms with Crippen LogP contribution in [0, 0.1) is 0 Å². The maximum absolute atomic E-state index is 13.3. The Labute approximate surface area is 151 Å². The minimum Gasteiger partial charge on any atom is -0.392 e. The molecule has 0 saturated carbocycles. The highest BCUT2D eigenvalue weighted by Crippen LogP contribution is 2.37. The molecule has 2 rings (SSSR count). The van der Waals surface area contributed by atoms with E-state index in [0.29, 0.717) is 13.1 Å². The van der Waals surface area contributed by atoms with Gasteiger partial charge >= 0.3 is 6.18 Å². The minimum absolute atomic E-state index is 0.0732. The van der Waals surface area contributed by atoms with Crippen molar-refractivity contribution in [2.45, 2.75) is 44.7 Å². The van der Waals surface area contributed by atoms with E-state index in [2.05, 4.69) is 0 Å². The number of aliphatic hydroxyl groups excluding tert-OH is 1. The molecule has 1 aromatic carbocycles. The highest BCUT2D eigenvalue weighted by Gasteiger charge is 2.44. The molecule has 1 heterocycles. The molecule has 1 aromatic rings. The molecule has 0 aliphatic carbocycles. The van der Waals surface area contributed by atoms with Crippen LogP contribution in [0.25, 0.3) is 0 Å². The highest BCUT2D eigenvalue weighted by atomic mass is 19.4. The zero-order valence-corrected chi connectivity index (χ0v) is 15.1. The first-order valence-electron chi connectivity index (χ1n) is 8.55. The summed E-state index contributed by atoms with van der Waals surface area (Å²) in [7, 11) is 0. The smallest absolute Gasteiger partial charge is 0.392 e. The quantitative estimate of drug-likeness (QED) is 0.844. The van der Waals surface area contributed by atoms with Crippen molar-refractivity contribution in [2.24, 2.45) is 0 Å². The van der Waals surface area contributed by atoms with Crippen molar-refractivity contribution in [3.8, 4) is 0 Å². The van der Waals surface area contributed by atoms with Crippen LogP contribution >= 0.6 is 0 Å². The van der Waals surface area contributed by atoms with Gasteiger partial charge in [-0.25, -0.2) is 0 Å². The molecule has 146 valence electrons. The van der Waals surface area contributed by atoms with E-state index in [4.69, 9.17) is 0 Å². The maximum Gasteiger partial charge on any atom is 0.416 e. The van der Waals surface area contributed by atoms with Crippen molar-refractivity contribution in [1.29, 1.82) is 0 Å². The van der Waals surface area contributed by atoms with E-state index in [1.807, 2.05) is 11.8 Å². The molecule has 5 nitrogen and oxygen atoms in total. The number of alkyl halides is 3. The van der Waals surface area contributed by atoms with Crippen LogP contribution in [-0.4, -0.2) is 64.2 Å². The second kappa shape index (κ2) is 7.54. The van der Waals surface area contributed by atoms with Gasteiger partial charge in [0.1, 0.15) is 0 Å². The number of hydrogen-bond acceptors (Lipinski definition) is 4. The third kappa shape index (κ3) is 4.36. The third-order valence-corrected chi connectivity index (χ3v) is 4.72. The summed E-state index contributed by atoms with van der Waals surface area (Å²) >= 11 is 0. The zero-order valence-electron chi connectivity index (χ0n) is 15.1. The van der Waals surface area contributed by atoms with Gasteiger partial charge in [-0.2, -0.15) is 13.2 Å². The number of halogens is 3. The number of hydrogen-bond donors (Lipinski definition) is 2. The van der Waals surface area contributed by atoms with E-state index in [1.165, 1.54) is 17.0 Å². The summed E-state index contributed by atoms with van der Waals surface area (Å²) in [4.78, 5) is 16.2. The largest absolute Gasteiger partial charge is 0.416 e. The van der Waals surface area contributed by atoms with Crippen molar-refractivity contribution in [1.82, 2.24) is 9.80 Å². The second-order valence-corrected chi connectivity index (χ2v) is 7.06. The number of aliphatic hydroxyl groups is 2. The fraction of sp³-hybridized carbons (Fsp3) is 0.611. The molecule has 8 heteroatoms. The number of rotatable bonds is 4. The van der Waals surface area contributed by atoms with Crippen LogP contribution in [0.4, 0.5) is 13.2 Å². The van der Waals surface area contributed by atoms with Gasteiger partial charge in [0.2, 0.25) is 0 Å². The van der Waals surface area contributed by atoms with Crippen LogP contribution in [0.5, 0.6) is 0 Å². The summed E-state index contributed by atoms with van der Waals surface area (Å²) in [6.45, 7) is 6.14. The lowest BCUT2D eigenvalue weighted by molar-refractivity contribution is -0.156. The SMILES string of the molecule is CC(O)CN1CCN(C(=O)C(C)(O)c2ccccc2C(F)(F)F)CC1C.